The molecule has 1 saturated carbocycles. The average molecular weight is 383 g/mol. The van der Waals surface area contributed by atoms with Crippen molar-refractivity contribution in [3.63, 3.8) is 0 Å². The lowest BCUT2D eigenvalue weighted by atomic mass is 9.94. The van der Waals surface area contributed by atoms with E-state index in [9.17, 15) is 4.79 Å². The topological polar surface area (TPSA) is 80.9 Å². The summed E-state index contributed by atoms with van der Waals surface area (Å²) >= 11 is 13.6. The predicted octanol–water partition coefficient (Wildman–Crippen LogP) is 4.44. The summed E-state index contributed by atoms with van der Waals surface area (Å²) < 4.78 is 0. The number of nitrogens with zero attached hydrogens (tertiary/aromatic N) is 2. The smallest absolute Gasteiger partial charge is 0.221 e. The highest BCUT2D eigenvalue weighted by Gasteiger charge is 2.20. The molecule has 0 spiro atoms. The highest BCUT2D eigenvalue weighted by atomic mass is 35.5. The highest BCUT2D eigenvalue weighted by Crippen LogP contribution is 2.38. The summed E-state index contributed by atoms with van der Waals surface area (Å²) in [5, 5.41) is 4.54. The lowest BCUT2D eigenvalue weighted by molar-refractivity contribution is -0.120. The summed E-state index contributed by atoms with van der Waals surface area (Å²) in [7, 11) is 0. The van der Waals surface area contributed by atoms with Gasteiger partial charge in [-0.05, 0) is 31.0 Å². The van der Waals surface area contributed by atoms with E-state index in [-0.39, 0.29) is 12.0 Å². The van der Waals surface area contributed by atoms with Crippen LogP contribution in [-0.2, 0) is 4.79 Å². The summed E-state index contributed by atoms with van der Waals surface area (Å²) in [5.74, 6) is 1.19. The molecular formula is C16H16Cl2N4OS. The Balaban J connectivity index is 1.81. The Hall–Kier alpha value is -1.50. The fraction of sp³-hybridized carbons (Fsp3) is 0.312. The molecule has 1 aromatic heterocycles. The number of carbonyl (C=O) groups excluding carboxylic acids is 1. The van der Waals surface area contributed by atoms with Gasteiger partial charge in [0.2, 0.25) is 5.95 Å². The Morgan fingerprint density at radius 3 is 2.67 bits per heavy atom. The van der Waals surface area contributed by atoms with Crippen molar-refractivity contribution >= 4 is 52.5 Å². The first-order chi connectivity index (χ1) is 11.5. The molecule has 0 atom stereocenters. The summed E-state index contributed by atoms with van der Waals surface area (Å²) in [4.78, 5) is 21.4. The van der Waals surface area contributed by atoms with Crippen molar-refractivity contribution in [3.05, 3.63) is 34.4 Å². The van der Waals surface area contributed by atoms with Crippen LogP contribution in [0.5, 0.6) is 0 Å². The van der Waals surface area contributed by atoms with Crippen molar-refractivity contribution in [1.82, 2.24) is 9.97 Å². The zero-order chi connectivity index (χ0) is 17.1. The van der Waals surface area contributed by atoms with Gasteiger partial charge in [-0.1, -0.05) is 35.0 Å². The Kier molecular flexibility index (Phi) is 5.48. The van der Waals surface area contributed by atoms with Gasteiger partial charge in [0, 0.05) is 35.0 Å². The number of hydrogen-bond donors (Lipinski definition) is 2. The zero-order valence-corrected chi connectivity index (χ0v) is 15.1. The maximum atomic E-state index is 11.4. The second-order valence-corrected chi connectivity index (χ2v) is 7.50. The first kappa shape index (κ1) is 17.3. The number of nitrogens with two attached hydrogens (primary N) is 1. The molecular weight excluding hydrogens is 367 g/mol. The summed E-state index contributed by atoms with van der Waals surface area (Å²) in [6.45, 7) is 0. The van der Waals surface area contributed by atoms with Crippen LogP contribution in [-0.4, -0.2) is 21.8 Å². The van der Waals surface area contributed by atoms with E-state index in [1.165, 1.54) is 11.8 Å². The number of nitrogen functional groups attached to an aromatic ring is 1. The van der Waals surface area contributed by atoms with Crippen LogP contribution in [0.15, 0.2) is 34.2 Å². The maximum absolute atomic E-state index is 11.4. The van der Waals surface area contributed by atoms with Crippen LogP contribution in [0.1, 0.15) is 25.7 Å². The van der Waals surface area contributed by atoms with Crippen molar-refractivity contribution in [2.24, 2.45) is 0 Å². The van der Waals surface area contributed by atoms with Crippen LogP contribution in [0.25, 0.3) is 0 Å². The van der Waals surface area contributed by atoms with Gasteiger partial charge >= 0.3 is 0 Å². The van der Waals surface area contributed by atoms with E-state index < -0.39 is 0 Å². The van der Waals surface area contributed by atoms with Crippen molar-refractivity contribution < 1.29 is 4.79 Å². The Labute approximate surface area is 154 Å². The molecule has 126 valence electrons. The molecule has 1 aliphatic rings. The Morgan fingerprint density at radius 1 is 1.21 bits per heavy atom. The number of aromatic nitrogens is 2. The lowest BCUT2D eigenvalue weighted by Crippen LogP contribution is -2.26. The molecule has 0 amide bonds. The third-order valence-electron chi connectivity index (χ3n) is 3.77. The molecule has 5 nitrogen and oxygen atoms in total. The molecule has 8 heteroatoms. The van der Waals surface area contributed by atoms with Crippen LogP contribution in [0, 0.1) is 0 Å². The minimum atomic E-state index is 0.205. The minimum absolute atomic E-state index is 0.205. The van der Waals surface area contributed by atoms with Crippen LogP contribution < -0.4 is 11.1 Å². The zero-order valence-electron chi connectivity index (χ0n) is 12.8. The van der Waals surface area contributed by atoms with Gasteiger partial charge in [-0.3, -0.25) is 4.79 Å². The van der Waals surface area contributed by atoms with Crippen molar-refractivity contribution in [2.75, 3.05) is 11.1 Å². The molecule has 2 aromatic rings. The summed E-state index contributed by atoms with van der Waals surface area (Å²) in [6, 6.07) is 5.54. The van der Waals surface area contributed by atoms with Gasteiger partial charge in [-0.2, -0.15) is 4.98 Å². The van der Waals surface area contributed by atoms with E-state index in [1.807, 2.05) is 6.07 Å². The van der Waals surface area contributed by atoms with Gasteiger partial charge < -0.3 is 11.1 Å². The quantitative estimate of drug-likeness (QED) is 0.813. The molecule has 1 heterocycles. The predicted molar refractivity (Wildman–Crippen MR) is 97.9 cm³/mol. The highest BCUT2D eigenvalue weighted by molar-refractivity contribution is 7.99. The summed E-state index contributed by atoms with van der Waals surface area (Å²) in [5.41, 5.74) is 5.73. The number of ketones is 1. The van der Waals surface area contributed by atoms with Gasteiger partial charge in [0.25, 0.3) is 0 Å². The van der Waals surface area contributed by atoms with Gasteiger partial charge in [0.15, 0.2) is 0 Å². The molecule has 3 N–H and O–H groups in total. The van der Waals surface area contributed by atoms with Gasteiger partial charge in [0.1, 0.15) is 11.6 Å². The van der Waals surface area contributed by atoms with E-state index in [1.54, 1.807) is 18.3 Å². The lowest BCUT2D eigenvalue weighted by Gasteiger charge is -2.23. The van der Waals surface area contributed by atoms with E-state index in [2.05, 4.69) is 15.3 Å². The number of nitrogens with one attached hydrogen (secondary N) is 1. The van der Waals surface area contributed by atoms with Gasteiger partial charge in [0.05, 0.1) is 9.92 Å². The van der Waals surface area contributed by atoms with E-state index in [4.69, 9.17) is 28.9 Å². The fourth-order valence-corrected chi connectivity index (χ4v) is 3.88. The first-order valence-electron chi connectivity index (χ1n) is 7.55. The van der Waals surface area contributed by atoms with Gasteiger partial charge in [-0.25, -0.2) is 4.98 Å². The molecule has 0 unspecified atom stereocenters. The molecule has 0 saturated heterocycles. The molecule has 3 rings (SSSR count). The van der Waals surface area contributed by atoms with Crippen LogP contribution in [0.2, 0.25) is 10.0 Å². The molecule has 1 aliphatic carbocycles. The normalized spacial score (nSPS) is 15.5. The molecule has 0 radical (unpaired) electrons. The number of carbonyl (C=O) groups is 1. The van der Waals surface area contributed by atoms with Crippen LogP contribution in [0.4, 0.5) is 11.8 Å². The van der Waals surface area contributed by atoms with Gasteiger partial charge in [-0.15, -0.1) is 0 Å². The first-order valence-corrected chi connectivity index (χ1v) is 9.12. The standard InChI is InChI=1S/C16H16Cl2N4OS/c17-9-1-6-13(12(18)7-9)24-14-8-20-16(19)22-15(14)21-10-2-4-11(23)5-3-10/h1,6-8,10H,2-5H2,(H3,19,20,21,22). The number of benzene rings is 1. The van der Waals surface area contributed by atoms with E-state index in [0.717, 1.165) is 22.6 Å². The average Bonchev–Trinajstić information content (AvgIpc) is 2.54. The largest absolute Gasteiger partial charge is 0.368 e. The molecule has 1 aromatic carbocycles. The maximum Gasteiger partial charge on any atom is 0.221 e. The second kappa shape index (κ2) is 7.59. The molecule has 24 heavy (non-hydrogen) atoms. The third kappa shape index (κ3) is 4.32. The van der Waals surface area contributed by atoms with E-state index >= 15 is 0 Å². The minimum Gasteiger partial charge on any atom is -0.368 e. The van der Waals surface area contributed by atoms with Crippen molar-refractivity contribution in [2.45, 2.75) is 41.5 Å². The summed E-state index contributed by atoms with van der Waals surface area (Å²) in [6.07, 6.45) is 4.48. The van der Waals surface area contributed by atoms with Crippen LogP contribution >= 0.6 is 35.0 Å². The Bertz CT molecular complexity index is 762. The molecule has 1 fully saturated rings. The van der Waals surface area contributed by atoms with E-state index in [0.29, 0.717) is 34.5 Å². The monoisotopic (exact) mass is 382 g/mol. The van der Waals surface area contributed by atoms with Crippen molar-refractivity contribution in [3.8, 4) is 0 Å². The Morgan fingerprint density at radius 2 is 1.96 bits per heavy atom. The second-order valence-electron chi connectivity index (χ2n) is 5.58. The number of halogens is 2. The SMILES string of the molecule is Nc1ncc(Sc2ccc(Cl)cc2Cl)c(NC2CCC(=O)CC2)n1. The third-order valence-corrected chi connectivity index (χ3v) is 5.53. The number of Topliss-reactive ketones (excluding diaryl/α,β-unsaturated/α-hetero) is 1. The van der Waals surface area contributed by atoms with Crippen molar-refractivity contribution in [1.29, 1.82) is 0 Å². The fourth-order valence-electron chi connectivity index (χ4n) is 2.52. The molecule has 0 aliphatic heterocycles. The molecule has 0 bridgehead atoms. The number of anilines is 2. The van der Waals surface area contributed by atoms with Crippen LogP contribution in [0.3, 0.4) is 0 Å². The number of hydrogen-bond acceptors (Lipinski definition) is 6. The number of rotatable bonds is 4.